The van der Waals surface area contributed by atoms with Crippen molar-refractivity contribution in [3.05, 3.63) is 46.4 Å². The van der Waals surface area contributed by atoms with E-state index < -0.39 is 0 Å². The average Bonchev–Trinajstić information content (AvgIpc) is 2.76. The quantitative estimate of drug-likeness (QED) is 0.793. The molecule has 0 radical (unpaired) electrons. The molecular formula is C11H11N3O3. The molecule has 0 saturated carbocycles. The van der Waals surface area contributed by atoms with Gasteiger partial charge in [-0.1, -0.05) is 0 Å². The number of nitrogens with one attached hydrogen (secondary N) is 1. The number of esters is 1. The minimum atomic E-state index is -0.379. The number of benzene rings is 1. The van der Waals surface area contributed by atoms with Crippen LogP contribution in [0.2, 0.25) is 0 Å². The number of carbonyl (C=O) groups excluding carboxylic acids is 1. The Morgan fingerprint density at radius 1 is 1.41 bits per heavy atom. The average molecular weight is 233 g/mol. The standard InChI is InChI=1S/C11H11N3O3/c1-2-17-11(16)8-3-5-9(6-4-8)14-10(15)7-12-13-14/h3-7,13H,2H2,1H3. The van der Waals surface area contributed by atoms with Gasteiger partial charge in [-0.3, -0.25) is 4.79 Å². The van der Waals surface area contributed by atoms with Gasteiger partial charge in [0, 0.05) is 0 Å². The molecule has 0 aliphatic heterocycles. The first kappa shape index (κ1) is 11.1. The molecule has 0 bridgehead atoms. The number of hydrogen-bond acceptors (Lipinski definition) is 4. The molecule has 0 saturated heterocycles. The first-order valence-electron chi connectivity index (χ1n) is 5.12. The smallest absolute Gasteiger partial charge is 0.338 e. The Labute approximate surface area is 96.8 Å². The first-order chi connectivity index (χ1) is 8.22. The number of carbonyl (C=O) groups is 1. The zero-order valence-corrected chi connectivity index (χ0v) is 9.21. The zero-order chi connectivity index (χ0) is 12.3. The number of nitrogens with zero attached hydrogens (tertiary/aromatic N) is 2. The molecule has 0 spiro atoms. The Balaban J connectivity index is 2.28. The van der Waals surface area contributed by atoms with Gasteiger partial charge in [0.2, 0.25) is 0 Å². The second-order valence-corrected chi connectivity index (χ2v) is 3.30. The van der Waals surface area contributed by atoms with Crippen molar-refractivity contribution in [2.24, 2.45) is 0 Å². The molecule has 2 aromatic rings. The Morgan fingerprint density at radius 2 is 2.12 bits per heavy atom. The molecule has 0 fully saturated rings. The monoisotopic (exact) mass is 233 g/mol. The van der Waals surface area contributed by atoms with Crippen LogP contribution >= 0.6 is 0 Å². The van der Waals surface area contributed by atoms with Gasteiger partial charge in [-0.15, -0.1) is 0 Å². The summed E-state index contributed by atoms with van der Waals surface area (Å²) in [5, 5.41) is 6.15. The molecule has 6 heteroatoms. The van der Waals surface area contributed by atoms with Crippen LogP contribution in [0.15, 0.2) is 35.3 Å². The van der Waals surface area contributed by atoms with Crippen molar-refractivity contribution in [3.63, 3.8) is 0 Å². The van der Waals surface area contributed by atoms with Gasteiger partial charge >= 0.3 is 5.97 Å². The van der Waals surface area contributed by atoms with E-state index in [-0.39, 0.29) is 11.5 Å². The number of aromatic amines is 1. The largest absolute Gasteiger partial charge is 0.462 e. The van der Waals surface area contributed by atoms with Crippen LogP contribution in [0.3, 0.4) is 0 Å². The second-order valence-electron chi connectivity index (χ2n) is 3.30. The molecule has 1 N–H and O–H groups in total. The highest BCUT2D eigenvalue weighted by atomic mass is 16.5. The predicted octanol–water partition coefficient (Wildman–Crippen LogP) is 0.737. The van der Waals surface area contributed by atoms with Crippen LogP contribution in [-0.2, 0) is 4.74 Å². The van der Waals surface area contributed by atoms with E-state index in [0.29, 0.717) is 17.9 Å². The first-order valence-corrected chi connectivity index (χ1v) is 5.12. The third kappa shape index (κ3) is 2.25. The van der Waals surface area contributed by atoms with Crippen molar-refractivity contribution >= 4 is 5.97 Å². The highest BCUT2D eigenvalue weighted by Gasteiger charge is 2.07. The highest BCUT2D eigenvalue weighted by molar-refractivity contribution is 5.89. The van der Waals surface area contributed by atoms with Gasteiger partial charge in [0.15, 0.2) is 0 Å². The van der Waals surface area contributed by atoms with Crippen LogP contribution in [-0.4, -0.2) is 27.6 Å². The van der Waals surface area contributed by atoms with Crippen molar-refractivity contribution in [1.29, 1.82) is 0 Å². The lowest BCUT2D eigenvalue weighted by Gasteiger charge is -2.03. The molecule has 1 aromatic carbocycles. The maximum atomic E-state index is 11.4. The van der Waals surface area contributed by atoms with Gasteiger partial charge in [0.05, 0.1) is 17.9 Å². The molecule has 0 amide bonds. The lowest BCUT2D eigenvalue weighted by Crippen LogP contribution is -2.13. The lowest BCUT2D eigenvalue weighted by atomic mass is 10.2. The van der Waals surface area contributed by atoms with Crippen LogP contribution in [0.4, 0.5) is 0 Å². The van der Waals surface area contributed by atoms with E-state index >= 15 is 0 Å². The van der Waals surface area contributed by atoms with Gasteiger partial charge in [-0.2, -0.15) is 5.10 Å². The minimum Gasteiger partial charge on any atom is -0.462 e. The van der Waals surface area contributed by atoms with E-state index in [9.17, 15) is 9.59 Å². The van der Waals surface area contributed by atoms with Gasteiger partial charge < -0.3 is 4.74 Å². The second kappa shape index (κ2) is 4.65. The zero-order valence-electron chi connectivity index (χ0n) is 9.21. The molecule has 6 nitrogen and oxygen atoms in total. The third-order valence-corrected chi connectivity index (χ3v) is 2.19. The van der Waals surface area contributed by atoms with E-state index in [1.165, 1.54) is 10.9 Å². The molecule has 0 aliphatic carbocycles. The topological polar surface area (TPSA) is 77.0 Å². The summed E-state index contributed by atoms with van der Waals surface area (Å²) >= 11 is 0. The molecule has 0 atom stereocenters. The lowest BCUT2D eigenvalue weighted by molar-refractivity contribution is 0.0526. The third-order valence-electron chi connectivity index (χ3n) is 2.19. The fourth-order valence-electron chi connectivity index (χ4n) is 1.39. The Kier molecular flexibility index (Phi) is 3.04. The summed E-state index contributed by atoms with van der Waals surface area (Å²) in [6.07, 6.45) is 1.18. The van der Waals surface area contributed by atoms with Crippen molar-refractivity contribution in [1.82, 2.24) is 15.0 Å². The summed E-state index contributed by atoms with van der Waals surface area (Å²) in [4.78, 5) is 22.7. The van der Waals surface area contributed by atoms with Crippen LogP contribution < -0.4 is 5.56 Å². The molecule has 1 heterocycles. The summed E-state index contributed by atoms with van der Waals surface area (Å²) in [5.41, 5.74) is 0.803. The number of rotatable bonds is 3. The molecule has 0 unspecified atom stereocenters. The Hall–Kier alpha value is -2.37. The summed E-state index contributed by atoms with van der Waals surface area (Å²) in [7, 11) is 0. The summed E-state index contributed by atoms with van der Waals surface area (Å²) in [6.45, 7) is 2.08. The number of aromatic nitrogens is 3. The van der Waals surface area contributed by atoms with Crippen molar-refractivity contribution in [2.75, 3.05) is 6.61 Å². The number of hydrogen-bond donors (Lipinski definition) is 1. The Morgan fingerprint density at radius 3 is 2.65 bits per heavy atom. The predicted molar refractivity (Wildman–Crippen MR) is 60.1 cm³/mol. The van der Waals surface area contributed by atoms with Crippen molar-refractivity contribution < 1.29 is 9.53 Å². The van der Waals surface area contributed by atoms with Crippen LogP contribution in [0.5, 0.6) is 0 Å². The minimum absolute atomic E-state index is 0.256. The van der Waals surface area contributed by atoms with E-state index in [0.717, 1.165) is 0 Å². The molecule has 2 rings (SSSR count). The maximum absolute atomic E-state index is 11.4. The normalized spacial score (nSPS) is 10.2. The van der Waals surface area contributed by atoms with E-state index in [2.05, 4.69) is 10.3 Å². The van der Waals surface area contributed by atoms with E-state index in [1.54, 1.807) is 31.2 Å². The van der Waals surface area contributed by atoms with Crippen molar-refractivity contribution in [2.45, 2.75) is 6.92 Å². The molecule has 17 heavy (non-hydrogen) atoms. The SMILES string of the molecule is CCOC(=O)c1ccc(-n2[nH]ncc2=O)cc1. The van der Waals surface area contributed by atoms with E-state index in [4.69, 9.17) is 4.74 Å². The van der Waals surface area contributed by atoms with Crippen LogP contribution in [0.25, 0.3) is 5.69 Å². The summed E-state index contributed by atoms with van der Waals surface area (Å²) in [5.74, 6) is -0.379. The van der Waals surface area contributed by atoms with Crippen LogP contribution in [0.1, 0.15) is 17.3 Å². The van der Waals surface area contributed by atoms with Gasteiger partial charge in [0.25, 0.3) is 5.56 Å². The van der Waals surface area contributed by atoms with E-state index in [1.807, 2.05) is 0 Å². The number of H-pyrrole nitrogens is 1. The van der Waals surface area contributed by atoms with Gasteiger partial charge in [0.1, 0.15) is 6.20 Å². The van der Waals surface area contributed by atoms with Crippen LogP contribution in [0, 0.1) is 0 Å². The summed E-state index contributed by atoms with van der Waals surface area (Å²) < 4.78 is 6.13. The molecule has 88 valence electrons. The fraction of sp³-hybridized carbons (Fsp3) is 0.182. The fourth-order valence-corrected chi connectivity index (χ4v) is 1.39. The van der Waals surface area contributed by atoms with Gasteiger partial charge in [-0.25, -0.2) is 14.7 Å². The highest BCUT2D eigenvalue weighted by Crippen LogP contribution is 2.07. The number of ether oxygens (including phenoxy) is 1. The van der Waals surface area contributed by atoms with Crippen molar-refractivity contribution in [3.8, 4) is 5.69 Å². The molecule has 0 aliphatic rings. The molecular weight excluding hydrogens is 222 g/mol. The molecule has 1 aromatic heterocycles. The Bertz CT molecular complexity index is 568. The van der Waals surface area contributed by atoms with Gasteiger partial charge in [-0.05, 0) is 31.2 Å². The summed E-state index contributed by atoms with van der Waals surface area (Å²) in [6, 6.07) is 6.48. The maximum Gasteiger partial charge on any atom is 0.338 e.